The molecule has 7 aromatic rings. The van der Waals surface area contributed by atoms with Crippen LogP contribution in [0.5, 0.6) is 0 Å². The summed E-state index contributed by atoms with van der Waals surface area (Å²) in [5, 5.41) is 0. The zero-order chi connectivity index (χ0) is 35.3. The fraction of sp³-hybridized carbons (Fsp3) is 0. The van der Waals surface area contributed by atoms with Crippen LogP contribution in [0.4, 0.5) is 0 Å². The van der Waals surface area contributed by atoms with Crippen LogP contribution in [0.3, 0.4) is 0 Å². The number of hydrogen-bond acceptors (Lipinski definition) is 2. The molecule has 0 radical (unpaired) electrons. The van der Waals surface area contributed by atoms with Crippen LogP contribution in [0.15, 0.2) is 121 Å². The molecule has 5 heterocycles. The highest BCUT2D eigenvalue weighted by atomic mass is 127. The molecule has 9 rings (SSSR count). The number of hydrogen-bond donors (Lipinski definition) is 2. The lowest BCUT2D eigenvalue weighted by atomic mass is 10.0. The van der Waals surface area contributed by atoms with Crippen molar-refractivity contribution in [1.29, 1.82) is 0 Å². The molecule has 250 valence electrons. The first-order valence-corrected chi connectivity index (χ1v) is 20.9. The molecule has 8 bridgehead atoms. The van der Waals surface area contributed by atoms with Crippen LogP contribution >= 0.6 is 90.4 Å². The Morgan fingerprint density at radius 1 is 0.308 bits per heavy atom. The molecule has 0 saturated heterocycles. The van der Waals surface area contributed by atoms with Crippen molar-refractivity contribution in [2.45, 2.75) is 0 Å². The van der Waals surface area contributed by atoms with Crippen LogP contribution in [0.2, 0.25) is 0 Å². The van der Waals surface area contributed by atoms with Crippen molar-refractivity contribution in [1.82, 2.24) is 19.9 Å². The van der Waals surface area contributed by atoms with Gasteiger partial charge in [-0.15, -0.1) is 0 Å². The molecule has 3 aromatic heterocycles. The van der Waals surface area contributed by atoms with Crippen LogP contribution in [0.1, 0.15) is 22.8 Å². The molecule has 2 aliphatic rings. The van der Waals surface area contributed by atoms with Gasteiger partial charge in [0, 0.05) is 58.6 Å². The van der Waals surface area contributed by atoms with Crippen molar-refractivity contribution in [2.24, 2.45) is 0 Å². The predicted octanol–water partition coefficient (Wildman–Crippen LogP) is 13.7. The first-order valence-electron chi connectivity index (χ1n) is 16.6. The third kappa shape index (κ3) is 6.18. The molecule has 0 unspecified atom stereocenters. The van der Waals surface area contributed by atoms with Crippen LogP contribution in [-0.2, 0) is 0 Å². The second-order valence-electron chi connectivity index (χ2n) is 12.4. The van der Waals surface area contributed by atoms with E-state index in [4.69, 9.17) is 9.97 Å². The van der Waals surface area contributed by atoms with Crippen molar-refractivity contribution in [3.8, 4) is 44.5 Å². The maximum absolute atomic E-state index is 5.45. The van der Waals surface area contributed by atoms with Crippen LogP contribution in [0, 0.1) is 14.3 Å². The topological polar surface area (TPSA) is 57.4 Å². The van der Waals surface area contributed by atoms with Gasteiger partial charge in [0.2, 0.25) is 0 Å². The molecule has 0 saturated carbocycles. The molecule has 2 aliphatic heterocycles. The van der Waals surface area contributed by atoms with Gasteiger partial charge < -0.3 is 9.97 Å². The van der Waals surface area contributed by atoms with Gasteiger partial charge >= 0.3 is 0 Å². The van der Waals surface area contributed by atoms with E-state index < -0.39 is 0 Å². The lowest BCUT2D eigenvalue weighted by Gasteiger charge is -2.09. The van der Waals surface area contributed by atoms with Crippen LogP contribution < -0.4 is 0 Å². The number of benzene rings is 4. The van der Waals surface area contributed by atoms with Crippen molar-refractivity contribution in [3.05, 3.63) is 158 Å². The largest absolute Gasteiger partial charge is 0.354 e. The third-order valence-electron chi connectivity index (χ3n) is 9.33. The van der Waals surface area contributed by atoms with Crippen LogP contribution in [-0.4, -0.2) is 19.9 Å². The molecule has 0 spiro atoms. The van der Waals surface area contributed by atoms with E-state index in [1.165, 1.54) is 0 Å². The normalized spacial score (nSPS) is 12.1. The van der Waals surface area contributed by atoms with E-state index in [2.05, 4.69) is 246 Å². The molecule has 0 amide bonds. The second kappa shape index (κ2) is 14.3. The smallest absolute Gasteiger partial charge is 0.0737 e. The zero-order valence-electron chi connectivity index (χ0n) is 27.3. The number of fused-ring (bicyclic) bond motifs is 8. The van der Waals surface area contributed by atoms with Gasteiger partial charge in [0.25, 0.3) is 0 Å². The zero-order valence-corrected chi connectivity index (χ0v) is 35.9. The Bertz CT molecular complexity index is 2440. The lowest BCUT2D eigenvalue weighted by Crippen LogP contribution is -1.92. The Hall–Kier alpha value is -3.60. The molecule has 4 aromatic carbocycles. The van der Waals surface area contributed by atoms with E-state index in [0.717, 1.165) is 104 Å². The summed E-state index contributed by atoms with van der Waals surface area (Å²) in [4.78, 5) is 18.6. The number of rotatable bonds is 4. The van der Waals surface area contributed by atoms with Gasteiger partial charge in [-0.2, -0.15) is 0 Å². The molecule has 8 heteroatoms. The maximum Gasteiger partial charge on any atom is 0.0737 e. The van der Waals surface area contributed by atoms with E-state index in [0.29, 0.717) is 0 Å². The first kappa shape index (κ1) is 34.2. The van der Waals surface area contributed by atoms with Gasteiger partial charge in [-0.1, -0.05) is 72.8 Å². The summed E-state index contributed by atoms with van der Waals surface area (Å²) in [5.74, 6) is 0. The summed E-state index contributed by atoms with van der Waals surface area (Å²) < 4.78 is 4.63. The number of aromatic nitrogens is 4. The molecule has 0 aliphatic carbocycles. The molecule has 0 atom stereocenters. The molecule has 52 heavy (non-hydrogen) atoms. The summed E-state index contributed by atoms with van der Waals surface area (Å²) in [6, 6.07) is 42.8. The fourth-order valence-corrected chi connectivity index (χ4v) is 9.62. The Morgan fingerprint density at radius 2 is 0.538 bits per heavy atom. The number of nitrogens with one attached hydrogen (secondary N) is 2. The van der Waals surface area contributed by atoms with Crippen molar-refractivity contribution >= 4 is 137 Å². The Labute approximate surface area is 355 Å². The second-order valence-corrected chi connectivity index (χ2v) is 17.1. The van der Waals surface area contributed by atoms with E-state index in [1.807, 2.05) is 0 Å². The molecular formula is C44H26I4N4. The van der Waals surface area contributed by atoms with E-state index in [-0.39, 0.29) is 0 Å². The van der Waals surface area contributed by atoms with Gasteiger partial charge in [-0.05, 0) is 185 Å². The molecular weight excluding hydrogens is 1090 g/mol. The number of nitrogens with zero attached hydrogens (tertiary/aromatic N) is 2. The van der Waals surface area contributed by atoms with Crippen LogP contribution in [0.25, 0.3) is 90.9 Å². The van der Waals surface area contributed by atoms with Gasteiger partial charge in [0.05, 0.1) is 22.8 Å². The van der Waals surface area contributed by atoms with Crippen molar-refractivity contribution < 1.29 is 0 Å². The Balaban J connectivity index is 1.51. The quantitative estimate of drug-likeness (QED) is 0.173. The van der Waals surface area contributed by atoms with Crippen molar-refractivity contribution in [3.63, 3.8) is 0 Å². The van der Waals surface area contributed by atoms with E-state index >= 15 is 0 Å². The number of halogens is 4. The third-order valence-corrected chi connectivity index (χ3v) is 13.1. The standard InChI is InChI=1S/C44H26I4N4/c45-29-13-5-1-9-25(29)41-33-17-19-35(49-33)42(26-10-2-6-14-30(26)46)37-21-23-39(51-37)44(28-12-4-8-16-32(28)48)40-24-22-38(52-40)43(36-20-18-34(41)50-36)27-11-3-7-15-31(27)47/h1-24,49,52H. The highest BCUT2D eigenvalue weighted by molar-refractivity contribution is 14.1. The average molecular weight is 1120 g/mol. The minimum atomic E-state index is 0.908. The average Bonchev–Trinajstić information content (AvgIpc) is 3.99. The Kier molecular flexibility index (Phi) is 9.42. The highest BCUT2D eigenvalue weighted by Crippen LogP contribution is 2.41. The summed E-state index contributed by atoms with van der Waals surface area (Å²) in [5.41, 5.74) is 16.3. The molecule has 0 fully saturated rings. The lowest BCUT2D eigenvalue weighted by molar-refractivity contribution is 1.31. The molecule has 4 nitrogen and oxygen atoms in total. The minimum absolute atomic E-state index is 0.908. The summed E-state index contributed by atoms with van der Waals surface area (Å²) in [7, 11) is 0. The van der Waals surface area contributed by atoms with Gasteiger partial charge in [0.15, 0.2) is 0 Å². The summed E-state index contributed by atoms with van der Waals surface area (Å²) >= 11 is 9.76. The highest BCUT2D eigenvalue weighted by Gasteiger charge is 2.21. The fourth-order valence-electron chi connectivity index (χ4n) is 6.99. The maximum atomic E-state index is 5.45. The van der Waals surface area contributed by atoms with Gasteiger partial charge in [-0.25, -0.2) is 9.97 Å². The predicted molar refractivity (Wildman–Crippen MR) is 251 cm³/mol. The number of aromatic amines is 2. The summed E-state index contributed by atoms with van der Waals surface area (Å²) in [6.45, 7) is 0. The van der Waals surface area contributed by atoms with E-state index in [1.54, 1.807) is 0 Å². The monoisotopic (exact) mass is 1120 g/mol. The van der Waals surface area contributed by atoms with Gasteiger partial charge in [-0.3, -0.25) is 0 Å². The number of H-pyrrole nitrogens is 2. The minimum Gasteiger partial charge on any atom is -0.354 e. The molecule has 2 N–H and O–H groups in total. The van der Waals surface area contributed by atoms with Crippen molar-refractivity contribution in [2.75, 3.05) is 0 Å². The SMILES string of the molecule is Ic1ccccc1-c1c2nc(c(-c3ccccc3I)c3ccc([nH]3)c(-c3ccccc3I)c3nc(c(-c4ccccc4I)c4ccc1[nH]4)C=C3)C=C2. The van der Waals surface area contributed by atoms with Gasteiger partial charge in [0.1, 0.15) is 0 Å². The first-order chi connectivity index (χ1) is 25.4. The Morgan fingerprint density at radius 3 is 0.769 bits per heavy atom. The summed E-state index contributed by atoms with van der Waals surface area (Å²) in [6.07, 6.45) is 8.63. The van der Waals surface area contributed by atoms with E-state index in [9.17, 15) is 0 Å².